The third-order valence-electron chi connectivity index (χ3n) is 2.78. The Morgan fingerprint density at radius 1 is 1.47 bits per heavy atom. The van der Waals surface area contributed by atoms with Gasteiger partial charge >= 0.3 is 6.03 Å². The van der Waals surface area contributed by atoms with E-state index in [4.69, 9.17) is 4.74 Å². The van der Waals surface area contributed by atoms with Crippen molar-refractivity contribution in [3.05, 3.63) is 29.8 Å². The minimum atomic E-state index is 0.0177. The topological polar surface area (TPSA) is 41.6 Å². The fourth-order valence-electron chi connectivity index (χ4n) is 1.66. The number of ether oxygens (including phenoxy) is 1. The number of nitrogens with one attached hydrogen (secondary N) is 1. The number of hydrogen-bond donors (Lipinski definition) is 1. The van der Waals surface area contributed by atoms with E-state index in [2.05, 4.69) is 5.32 Å². The Labute approximate surface area is 102 Å². The minimum absolute atomic E-state index is 0.0177. The standard InChI is InChI=1S/C13H18N2O2/c1-11-4-2-5-12(10-11)17-9-6-14-13(16)15-7-3-8-15/h2,4-5,10H,3,6-9H2,1H3,(H,14,16). The monoisotopic (exact) mass is 234 g/mol. The SMILES string of the molecule is Cc1cccc(OCCNC(=O)N2CCC2)c1. The van der Waals surface area contributed by atoms with Crippen molar-refractivity contribution in [1.29, 1.82) is 0 Å². The molecular weight excluding hydrogens is 216 g/mol. The maximum absolute atomic E-state index is 11.5. The summed E-state index contributed by atoms with van der Waals surface area (Å²) in [5.41, 5.74) is 1.17. The highest BCUT2D eigenvalue weighted by molar-refractivity contribution is 5.74. The predicted molar refractivity (Wildman–Crippen MR) is 66.3 cm³/mol. The number of aryl methyl sites for hydroxylation is 1. The molecule has 1 saturated heterocycles. The van der Waals surface area contributed by atoms with E-state index < -0.39 is 0 Å². The van der Waals surface area contributed by atoms with E-state index in [-0.39, 0.29) is 6.03 Å². The normalized spacial score (nSPS) is 14.1. The van der Waals surface area contributed by atoms with Crippen LogP contribution in [0.25, 0.3) is 0 Å². The first-order chi connectivity index (χ1) is 8.25. The summed E-state index contributed by atoms with van der Waals surface area (Å²) >= 11 is 0. The second-order valence-corrected chi connectivity index (χ2v) is 4.24. The van der Waals surface area contributed by atoms with Crippen molar-refractivity contribution in [3.63, 3.8) is 0 Å². The van der Waals surface area contributed by atoms with Gasteiger partial charge in [-0.05, 0) is 31.0 Å². The highest BCUT2D eigenvalue weighted by atomic mass is 16.5. The fourth-order valence-corrected chi connectivity index (χ4v) is 1.66. The lowest BCUT2D eigenvalue weighted by Gasteiger charge is -2.30. The molecule has 2 rings (SSSR count). The second kappa shape index (κ2) is 5.57. The van der Waals surface area contributed by atoms with Crippen LogP contribution in [-0.2, 0) is 0 Å². The molecule has 2 amide bonds. The van der Waals surface area contributed by atoms with Crippen molar-refractivity contribution >= 4 is 6.03 Å². The summed E-state index contributed by atoms with van der Waals surface area (Å²) in [7, 11) is 0. The molecule has 92 valence electrons. The molecule has 1 fully saturated rings. The smallest absolute Gasteiger partial charge is 0.317 e. The second-order valence-electron chi connectivity index (χ2n) is 4.24. The minimum Gasteiger partial charge on any atom is -0.492 e. The summed E-state index contributed by atoms with van der Waals surface area (Å²) in [6.07, 6.45) is 1.12. The number of likely N-dealkylation sites (tertiary alicyclic amines) is 1. The van der Waals surface area contributed by atoms with Crippen LogP contribution in [0.15, 0.2) is 24.3 Å². The van der Waals surface area contributed by atoms with Gasteiger partial charge in [0, 0.05) is 13.1 Å². The van der Waals surface area contributed by atoms with Gasteiger partial charge in [0.1, 0.15) is 12.4 Å². The summed E-state index contributed by atoms with van der Waals surface area (Å²) in [4.78, 5) is 13.2. The van der Waals surface area contributed by atoms with Gasteiger partial charge in [-0.15, -0.1) is 0 Å². The van der Waals surface area contributed by atoms with E-state index in [9.17, 15) is 4.79 Å². The van der Waals surface area contributed by atoms with E-state index in [1.54, 1.807) is 4.90 Å². The summed E-state index contributed by atoms with van der Waals surface area (Å²) in [6.45, 7) is 4.83. The average Bonchev–Trinajstić information content (AvgIpc) is 2.22. The lowest BCUT2D eigenvalue weighted by molar-refractivity contribution is 0.165. The molecular formula is C13H18N2O2. The summed E-state index contributed by atoms with van der Waals surface area (Å²) in [5.74, 6) is 0.850. The first kappa shape index (κ1) is 11.8. The number of benzene rings is 1. The van der Waals surface area contributed by atoms with Crippen molar-refractivity contribution in [1.82, 2.24) is 10.2 Å². The van der Waals surface area contributed by atoms with Crippen LogP contribution < -0.4 is 10.1 Å². The number of carbonyl (C=O) groups excluding carboxylic acids is 1. The van der Waals surface area contributed by atoms with Crippen LogP contribution in [0.3, 0.4) is 0 Å². The molecule has 0 unspecified atom stereocenters. The van der Waals surface area contributed by atoms with Gasteiger partial charge in [-0.3, -0.25) is 0 Å². The van der Waals surface area contributed by atoms with Crippen LogP contribution in [0.4, 0.5) is 4.79 Å². The van der Waals surface area contributed by atoms with Crippen LogP contribution >= 0.6 is 0 Å². The molecule has 4 nitrogen and oxygen atoms in total. The Morgan fingerprint density at radius 3 is 2.94 bits per heavy atom. The number of nitrogens with zero attached hydrogens (tertiary/aromatic N) is 1. The molecule has 1 aliphatic rings. The highest BCUT2D eigenvalue weighted by Crippen LogP contribution is 2.11. The third kappa shape index (κ3) is 3.37. The van der Waals surface area contributed by atoms with E-state index in [1.807, 2.05) is 31.2 Å². The Balaban J connectivity index is 1.64. The van der Waals surface area contributed by atoms with Crippen molar-refractivity contribution in [3.8, 4) is 5.75 Å². The molecule has 0 atom stereocenters. The van der Waals surface area contributed by atoms with E-state index in [0.29, 0.717) is 13.2 Å². The molecule has 1 heterocycles. The Bertz CT molecular complexity index is 389. The highest BCUT2D eigenvalue weighted by Gasteiger charge is 2.19. The van der Waals surface area contributed by atoms with Crippen molar-refractivity contribution in [2.24, 2.45) is 0 Å². The summed E-state index contributed by atoms with van der Waals surface area (Å²) in [5, 5.41) is 2.83. The molecule has 1 aromatic rings. The molecule has 0 spiro atoms. The van der Waals surface area contributed by atoms with Crippen LogP contribution in [0.5, 0.6) is 5.75 Å². The molecule has 0 radical (unpaired) electrons. The molecule has 1 N–H and O–H groups in total. The molecule has 0 saturated carbocycles. The zero-order valence-corrected chi connectivity index (χ0v) is 10.1. The van der Waals surface area contributed by atoms with Gasteiger partial charge in [0.05, 0.1) is 6.54 Å². The van der Waals surface area contributed by atoms with Crippen LogP contribution in [0.2, 0.25) is 0 Å². The number of rotatable bonds is 4. The van der Waals surface area contributed by atoms with E-state index in [0.717, 1.165) is 25.3 Å². The molecule has 17 heavy (non-hydrogen) atoms. The predicted octanol–water partition coefficient (Wildman–Crippen LogP) is 1.79. The van der Waals surface area contributed by atoms with Gasteiger partial charge in [0.15, 0.2) is 0 Å². The maximum Gasteiger partial charge on any atom is 0.317 e. The van der Waals surface area contributed by atoms with Gasteiger partial charge < -0.3 is 15.0 Å². The Hall–Kier alpha value is -1.71. The zero-order chi connectivity index (χ0) is 12.1. The number of amides is 2. The molecule has 0 bridgehead atoms. The van der Waals surface area contributed by atoms with Gasteiger partial charge in [-0.25, -0.2) is 4.79 Å². The fraction of sp³-hybridized carbons (Fsp3) is 0.462. The van der Waals surface area contributed by atoms with Crippen LogP contribution in [-0.4, -0.2) is 37.2 Å². The largest absolute Gasteiger partial charge is 0.492 e. The molecule has 0 aromatic heterocycles. The van der Waals surface area contributed by atoms with Gasteiger partial charge in [-0.1, -0.05) is 12.1 Å². The van der Waals surface area contributed by atoms with E-state index >= 15 is 0 Å². The first-order valence-electron chi connectivity index (χ1n) is 5.98. The van der Waals surface area contributed by atoms with Crippen LogP contribution in [0, 0.1) is 6.92 Å². The number of carbonyl (C=O) groups is 1. The number of urea groups is 1. The average molecular weight is 234 g/mol. The number of hydrogen-bond acceptors (Lipinski definition) is 2. The van der Waals surface area contributed by atoms with Gasteiger partial charge in [0.2, 0.25) is 0 Å². The Morgan fingerprint density at radius 2 is 2.29 bits per heavy atom. The molecule has 1 aliphatic heterocycles. The molecule has 4 heteroatoms. The first-order valence-corrected chi connectivity index (χ1v) is 5.98. The summed E-state index contributed by atoms with van der Waals surface area (Å²) in [6, 6.07) is 7.91. The van der Waals surface area contributed by atoms with Gasteiger partial charge in [-0.2, -0.15) is 0 Å². The lowest BCUT2D eigenvalue weighted by atomic mass is 10.2. The quantitative estimate of drug-likeness (QED) is 0.807. The van der Waals surface area contributed by atoms with Crippen molar-refractivity contribution in [2.75, 3.05) is 26.2 Å². The lowest BCUT2D eigenvalue weighted by Crippen LogP contribution is -2.48. The zero-order valence-electron chi connectivity index (χ0n) is 10.1. The van der Waals surface area contributed by atoms with E-state index in [1.165, 1.54) is 5.56 Å². The van der Waals surface area contributed by atoms with Gasteiger partial charge in [0.25, 0.3) is 0 Å². The Kier molecular flexibility index (Phi) is 3.85. The van der Waals surface area contributed by atoms with Crippen LogP contribution in [0.1, 0.15) is 12.0 Å². The maximum atomic E-state index is 11.5. The summed E-state index contributed by atoms with van der Waals surface area (Å²) < 4.78 is 5.54. The molecule has 1 aromatic carbocycles. The van der Waals surface area contributed by atoms with Crippen molar-refractivity contribution in [2.45, 2.75) is 13.3 Å². The third-order valence-corrected chi connectivity index (χ3v) is 2.78. The van der Waals surface area contributed by atoms with Crippen molar-refractivity contribution < 1.29 is 9.53 Å². The molecule has 0 aliphatic carbocycles.